The van der Waals surface area contributed by atoms with E-state index in [1.807, 2.05) is 36.4 Å². The second kappa shape index (κ2) is 9.19. The molecule has 1 N–H and O–H groups in total. The summed E-state index contributed by atoms with van der Waals surface area (Å²) < 4.78 is 11.4. The van der Waals surface area contributed by atoms with E-state index in [0.717, 1.165) is 29.9 Å². The lowest BCUT2D eigenvalue weighted by Gasteiger charge is -2.09. The molecule has 3 rings (SSSR count). The first kappa shape index (κ1) is 18.9. The maximum Gasteiger partial charge on any atom is 0.355 e. The molecule has 0 aliphatic carbocycles. The molecule has 0 aliphatic rings. The molecule has 1 aromatic heterocycles. The van der Waals surface area contributed by atoms with Gasteiger partial charge in [-0.05, 0) is 48.4 Å². The Morgan fingerprint density at radius 3 is 2.11 bits per heavy atom. The smallest absolute Gasteiger partial charge is 0.355 e. The fourth-order valence-corrected chi connectivity index (χ4v) is 3.36. The van der Waals surface area contributed by atoms with Crippen molar-refractivity contribution in [2.45, 2.75) is 19.8 Å². The average Bonchev–Trinajstić information content (AvgIpc) is 3.18. The highest BCUT2D eigenvalue weighted by molar-refractivity contribution is 7.13. The number of aromatic carboxylic acids is 1. The third-order valence-electron chi connectivity index (χ3n) is 3.91. The summed E-state index contributed by atoms with van der Waals surface area (Å²) in [5, 5.41) is 11.2. The Bertz CT molecular complexity index is 872. The van der Waals surface area contributed by atoms with E-state index in [9.17, 15) is 4.79 Å². The van der Waals surface area contributed by atoms with Crippen LogP contribution in [0.2, 0.25) is 0 Å². The molecule has 1 heterocycles. The molecular weight excluding hydrogens is 362 g/mol. The lowest BCUT2D eigenvalue weighted by Crippen LogP contribution is -2.08. The van der Waals surface area contributed by atoms with Crippen LogP contribution in [0, 0.1) is 0 Å². The van der Waals surface area contributed by atoms with Crippen molar-refractivity contribution in [1.82, 2.24) is 4.98 Å². The van der Waals surface area contributed by atoms with Crippen molar-refractivity contribution in [2.24, 2.45) is 0 Å². The molecule has 0 fully saturated rings. The van der Waals surface area contributed by atoms with Crippen LogP contribution in [0.3, 0.4) is 0 Å². The van der Waals surface area contributed by atoms with Crippen molar-refractivity contribution in [2.75, 3.05) is 13.2 Å². The van der Waals surface area contributed by atoms with Gasteiger partial charge in [-0.2, -0.15) is 0 Å². The third kappa shape index (κ3) is 5.31. The zero-order valence-electron chi connectivity index (χ0n) is 15.1. The maximum atomic E-state index is 10.9. The number of hydrogen-bond acceptors (Lipinski definition) is 5. The Morgan fingerprint density at radius 1 is 1.00 bits per heavy atom. The average molecular weight is 383 g/mol. The van der Waals surface area contributed by atoms with Crippen LogP contribution < -0.4 is 9.47 Å². The van der Waals surface area contributed by atoms with E-state index in [2.05, 4.69) is 24.0 Å². The van der Waals surface area contributed by atoms with E-state index in [1.54, 1.807) is 0 Å². The Morgan fingerprint density at radius 2 is 1.59 bits per heavy atom. The van der Waals surface area contributed by atoms with Crippen LogP contribution in [-0.2, 0) is 6.42 Å². The molecule has 0 bridgehead atoms. The summed E-state index contributed by atoms with van der Waals surface area (Å²) in [6, 6.07) is 15.6. The molecule has 2 aromatic carbocycles. The first-order valence-electron chi connectivity index (χ1n) is 8.79. The highest BCUT2D eigenvalue weighted by atomic mass is 32.1. The summed E-state index contributed by atoms with van der Waals surface area (Å²) in [5.41, 5.74) is 2.25. The summed E-state index contributed by atoms with van der Waals surface area (Å²) >= 11 is 1.31. The fourth-order valence-electron chi connectivity index (χ4n) is 2.56. The van der Waals surface area contributed by atoms with Gasteiger partial charge >= 0.3 is 5.97 Å². The van der Waals surface area contributed by atoms with Gasteiger partial charge in [-0.15, -0.1) is 11.3 Å². The highest BCUT2D eigenvalue weighted by Crippen LogP contribution is 2.25. The molecule has 0 unspecified atom stereocenters. The van der Waals surface area contributed by atoms with Gasteiger partial charge in [0, 0.05) is 10.9 Å². The molecule has 0 radical (unpaired) electrons. The van der Waals surface area contributed by atoms with Gasteiger partial charge in [0.15, 0.2) is 5.69 Å². The zero-order chi connectivity index (χ0) is 19.1. The largest absolute Gasteiger partial charge is 0.490 e. The summed E-state index contributed by atoms with van der Waals surface area (Å²) in [5.74, 6) is 0.555. The number of nitrogens with zero attached hydrogens (tertiary/aromatic N) is 1. The van der Waals surface area contributed by atoms with Crippen LogP contribution in [0.1, 0.15) is 29.4 Å². The molecular formula is C21H21NO4S. The zero-order valence-corrected chi connectivity index (χ0v) is 15.9. The SMILES string of the molecule is CCCc1ccc(OCCOc2ccc(-c3nc(C(=O)O)cs3)cc2)cc1. The number of aromatic nitrogens is 1. The summed E-state index contributed by atoms with van der Waals surface area (Å²) in [6.45, 7) is 3.07. The van der Waals surface area contributed by atoms with Gasteiger partial charge in [0.25, 0.3) is 0 Å². The number of carboxylic acid groups (broad SMARTS) is 1. The molecule has 0 aliphatic heterocycles. The van der Waals surface area contributed by atoms with Gasteiger partial charge in [0.2, 0.25) is 0 Å². The van der Waals surface area contributed by atoms with Gasteiger partial charge in [-0.25, -0.2) is 9.78 Å². The molecule has 0 saturated heterocycles. The monoisotopic (exact) mass is 383 g/mol. The summed E-state index contributed by atoms with van der Waals surface area (Å²) in [4.78, 5) is 15.0. The topological polar surface area (TPSA) is 68.7 Å². The van der Waals surface area contributed by atoms with Crippen LogP contribution in [0.15, 0.2) is 53.9 Å². The fraction of sp³-hybridized carbons (Fsp3) is 0.238. The predicted molar refractivity (Wildman–Crippen MR) is 106 cm³/mol. The third-order valence-corrected chi connectivity index (χ3v) is 4.80. The second-order valence-electron chi connectivity index (χ2n) is 5.96. The normalized spacial score (nSPS) is 10.6. The summed E-state index contributed by atoms with van der Waals surface area (Å²) in [6.07, 6.45) is 2.22. The van der Waals surface area contributed by atoms with Crippen LogP contribution in [0.25, 0.3) is 10.6 Å². The molecule has 27 heavy (non-hydrogen) atoms. The first-order valence-corrected chi connectivity index (χ1v) is 9.67. The van der Waals surface area contributed by atoms with Crippen LogP contribution >= 0.6 is 11.3 Å². The van der Waals surface area contributed by atoms with Crippen LogP contribution in [-0.4, -0.2) is 29.3 Å². The lowest BCUT2D eigenvalue weighted by atomic mass is 10.1. The lowest BCUT2D eigenvalue weighted by molar-refractivity contribution is 0.0691. The van der Waals surface area contributed by atoms with Gasteiger partial charge in [0.05, 0.1) is 0 Å². The number of carbonyl (C=O) groups is 1. The van der Waals surface area contributed by atoms with Gasteiger partial charge in [-0.1, -0.05) is 25.5 Å². The quantitative estimate of drug-likeness (QED) is 0.531. The number of thiazole rings is 1. The molecule has 0 atom stereocenters. The number of ether oxygens (including phenoxy) is 2. The standard InChI is InChI=1S/C21H21NO4S/c1-2-3-15-4-8-17(9-5-15)25-12-13-26-18-10-6-16(7-11-18)20-22-19(14-27-20)21(23)24/h4-11,14H,2-3,12-13H2,1H3,(H,23,24). The highest BCUT2D eigenvalue weighted by Gasteiger charge is 2.10. The van der Waals surface area contributed by atoms with Crippen molar-refractivity contribution in [3.63, 3.8) is 0 Å². The van der Waals surface area contributed by atoms with Gasteiger partial charge in [-0.3, -0.25) is 0 Å². The maximum absolute atomic E-state index is 10.9. The summed E-state index contributed by atoms with van der Waals surface area (Å²) in [7, 11) is 0. The van der Waals surface area contributed by atoms with E-state index < -0.39 is 5.97 Å². The van der Waals surface area contributed by atoms with Crippen molar-refractivity contribution >= 4 is 17.3 Å². The van der Waals surface area contributed by atoms with E-state index in [4.69, 9.17) is 14.6 Å². The second-order valence-corrected chi connectivity index (χ2v) is 6.82. The minimum absolute atomic E-state index is 0.0650. The number of carboxylic acids is 1. The number of hydrogen-bond donors (Lipinski definition) is 1. The van der Waals surface area contributed by atoms with Crippen molar-refractivity contribution in [3.8, 4) is 22.1 Å². The molecule has 3 aromatic rings. The Balaban J connectivity index is 1.46. The van der Waals surface area contributed by atoms with Crippen LogP contribution in [0.5, 0.6) is 11.5 Å². The minimum atomic E-state index is -1.02. The molecule has 0 spiro atoms. The van der Waals surface area contributed by atoms with E-state index in [0.29, 0.717) is 18.2 Å². The number of aryl methyl sites for hydroxylation is 1. The number of rotatable bonds is 9. The number of benzene rings is 2. The van der Waals surface area contributed by atoms with Crippen LogP contribution in [0.4, 0.5) is 0 Å². The molecule has 6 heteroatoms. The molecule has 140 valence electrons. The Kier molecular flexibility index (Phi) is 6.44. The van der Waals surface area contributed by atoms with Crippen molar-refractivity contribution < 1.29 is 19.4 Å². The molecule has 0 saturated carbocycles. The van der Waals surface area contributed by atoms with Crippen molar-refractivity contribution in [1.29, 1.82) is 0 Å². The van der Waals surface area contributed by atoms with E-state index >= 15 is 0 Å². The molecule has 5 nitrogen and oxygen atoms in total. The molecule has 0 amide bonds. The Hall–Kier alpha value is -2.86. The van der Waals surface area contributed by atoms with E-state index in [1.165, 1.54) is 22.3 Å². The van der Waals surface area contributed by atoms with Crippen molar-refractivity contribution in [3.05, 3.63) is 65.2 Å². The van der Waals surface area contributed by atoms with Gasteiger partial charge < -0.3 is 14.6 Å². The predicted octanol–water partition coefficient (Wildman–Crippen LogP) is 4.92. The Labute approximate surface area is 162 Å². The first-order chi connectivity index (χ1) is 13.2. The van der Waals surface area contributed by atoms with E-state index in [-0.39, 0.29) is 5.69 Å². The minimum Gasteiger partial charge on any atom is -0.490 e. The van der Waals surface area contributed by atoms with Gasteiger partial charge in [0.1, 0.15) is 29.7 Å².